The van der Waals surface area contributed by atoms with E-state index in [1.807, 2.05) is 24.5 Å². The van der Waals surface area contributed by atoms with E-state index in [1.54, 1.807) is 44.3 Å². The number of urea groups is 1. The van der Waals surface area contributed by atoms with Crippen LogP contribution in [0.3, 0.4) is 0 Å². The van der Waals surface area contributed by atoms with Gasteiger partial charge in [-0.25, -0.2) is 4.79 Å². The Bertz CT molecular complexity index is 1110. The fourth-order valence-corrected chi connectivity index (χ4v) is 4.07. The molecule has 0 saturated carbocycles. The van der Waals surface area contributed by atoms with Crippen molar-refractivity contribution >= 4 is 41.2 Å². The van der Waals surface area contributed by atoms with Gasteiger partial charge in [-0.1, -0.05) is 24.3 Å². The van der Waals surface area contributed by atoms with Gasteiger partial charge in [0.05, 0.1) is 25.9 Å². The third kappa shape index (κ3) is 5.49. The molecule has 3 rings (SSSR count). The second-order valence-corrected chi connectivity index (χ2v) is 8.73. The molecule has 1 saturated heterocycles. The maximum atomic E-state index is 13.0. The predicted octanol–water partition coefficient (Wildman–Crippen LogP) is 1.79. The number of nitrogens with zero attached hydrogens (tertiary/aromatic N) is 2. The van der Waals surface area contributed by atoms with Crippen LogP contribution in [0.4, 0.5) is 10.5 Å². The molecule has 1 fully saturated rings. The van der Waals surface area contributed by atoms with E-state index in [9.17, 15) is 19.2 Å². The summed E-state index contributed by atoms with van der Waals surface area (Å²) in [6.07, 6.45) is 1.91. The van der Waals surface area contributed by atoms with E-state index in [-0.39, 0.29) is 19.0 Å². The number of anilines is 1. The molecule has 2 aromatic carbocycles. The largest absolute Gasteiger partial charge is 0.497 e. The highest BCUT2D eigenvalue weighted by Crippen LogP contribution is 2.30. The Balaban J connectivity index is 1.58. The second-order valence-electron chi connectivity index (χ2n) is 7.88. The molecule has 180 valence electrons. The van der Waals surface area contributed by atoms with Crippen LogP contribution in [-0.2, 0) is 19.9 Å². The lowest BCUT2D eigenvalue weighted by molar-refractivity contribution is -0.139. The van der Waals surface area contributed by atoms with Gasteiger partial charge in [-0.05, 0) is 50.1 Å². The molecule has 1 aliphatic rings. The number of thioether (sulfide) groups is 1. The van der Waals surface area contributed by atoms with Gasteiger partial charge in [-0.15, -0.1) is 11.8 Å². The van der Waals surface area contributed by atoms with E-state index in [4.69, 9.17) is 4.74 Å². The Morgan fingerprint density at radius 3 is 2.53 bits per heavy atom. The van der Waals surface area contributed by atoms with E-state index in [1.165, 1.54) is 23.8 Å². The Morgan fingerprint density at radius 2 is 1.82 bits per heavy atom. The summed E-state index contributed by atoms with van der Waals surface area (Å²) in [7, 11) is 3.09. The van der Waals surface area contributed by atoms with Gasteiger partial charge in [0.15, 0.2) is 0 Å². The van der Waals surface area contributed by atoms with Crippen molar-refractivity contribution in [1.82, 2.24) is 20.7 Å². The minimum Gasteiger partial charge on any atom is -0.497 e. The zero-order valence-electron chi connectivity index (χ0n) is 19.4. The van der Waals surface area contributed by atoms with E-state index in [0.717, 1.165) is 4.90 Å². The highest BCUT2D eigenvalue weighted by Gasteiger charge is 2.50. The standard InChI is InChI=1S/C23H27N5O5S/c1-23(15-8-7-9-16(12-15)33-3)21(31)28(22(32)25-23)26-20(30)14-27(2)13-19(29)24-17-10-5-6-11-18(17)34-4/h5-12H,13-14H2,1-4H3,(H,24,29)(H,25,32)(H,26,30). The zero-order chi connectivity index (χ0) is 24.9. The lowest BCUT2D eigenvalue weighted by Crippen LogP contribution is -2.50. The van der Waals surface area contributed by atoms with Crippen molar-refractivity contribution in [2.45, 2.75) is 17.4 Å². The van der Waals surface area contributed by atoms with E-state index < -0.39 is 23.4 Å². The molecule has 1 unspecified atom stereocenters. The molecule has 0 aliphatic carbocycles. The van der Waals surface area contributed by atoms with Crippen molar-refractivity contribution in [2.75, 3.05) is 38.8 Å². The number of carbonyl (C=O) groups is 4. The summed E-state index contributed by atoms with van der Waals surface area (Å²) < 4.78 is 5.19. The van der Waals surface area contributed by atoms with Gasteiger partial charge >= 0.3 is 6.03 Å². The average Bonchev–Trinajstić information content (AvgIpc) is 3.03. The minimum absolute atomic E-state index is 0.0577. The Labute approximate surface area is 202 Å². The number of methoxy groups -OCH3 is 1. The highest BCUT2D eigenvalue weighted by atomic mass is 32.2. The Hall–Kier alpha value is -3.57. The first-order chi connectivity index (χ1) is 16.2. The lowest BCUT2D eigenvalue weighted by atomic mass is 9.92. The molecule has 1 atom stereocenters. The van der Waals surface area contributed by atoms with Crippen LogP contribution < -0.4 is 20.8 Å². The molecular formula is C23H27N5O5S. The van der Waals surface area contributed by atoms with Gasteiger partial charge in [0, 0.05) is 4.90 Å². The molecule has 0 spiro atoms. The first-order valence-corrected chi connectivity index (χ1v) is 11.6. The topological polar surface area (TPSA) is 120 Å². The molecule has 34 heavy (non-hydrogen) atoms. The SMILES string of the molecule is COc1cccc(C2(C)NC(=O)N(NC(=O)CN(C)CC(=O)Nc3ccccc3SC)C2=O)c1. The van der Waals surface area contributed by atoms with Crippen molar-refractivity contribution in [3.05, 3.63) is 54.1 Å². The van der Waals surface area contributed by atoms with Crippen LogP contribution in [0.1, 0.15) is 12.5 Å². The van der Waals surface area contributed by atoms with Crippen LogP contribution in [0.2, 0.25) is 0 Å². The normalized spacial score (nSPS) is 17.5. The van der Waals surface area contributed by atoms with Crippen LogP contribution in [0.15, 0.2) is 53.4 Å². The number of hydrogen-bond donors (Lipinski definition) is 3. The third-order valence-electron chi connectivity index (χ3n) is 5.28. The average molecular weight is 486 g/mol. The van der Waals surface area contributed by atoms with Crippen LogP contribution >= 0.6 is 11.8 Å². The summed E-state index contributed by atoms with van der Waals surface area (Å²) in [5.74, 6) is -1.01. The number of ether oxygens (including phenoxy) is 1. The smallest absolute Gasteiger partial charge is 0.344 e. The summed E-state index contributed by atoms with van der Waals surface area (Å²) in [5, 5.41) is 6.09. The number of rotatable bonds is 9. The first kappa shape index (κ1) is 25.1. The molecule has 3 N–H and O–H groups in total. The number of amides is 5. The summed E-state index contributed by atoms with van der Waals surface area (Å²) >= 11 is 1.51. The van der Waals surface area contributed by atoms with Gasteiger partial charge in [0.2, 0.25) is 5.91 Å². The maximum absolute atomic E-state index is 13.0. The minimum atomic E-state index is -1.37. The molecule has 5 amide bonds. The van der Waals surface area contributed by atoms with Crippen LogP contribution in [0, 0.1) is 0 Å². The van der Waals surface area contributed by atoms with E-state index in [0.29, 0.717) is 22.0 Å². The summed E-state index contributed by atoms with van der Waals surface area (Å²) in [4.78, 5) is 52.8. The van der Waals surface area contributed by atoms with Crippen LogP contribution in [-0.4, -0.2) is 67.2 Å². The van der Waals surface area contributed by atoms with Crippen LogP contribution in [0.25, 0.3) is 0 Å². The number of carbonyl (C=O) groups excluding carboxylic acids is 4. The maximum Gasteiger partial charge on any atom is 0.344 e. The van der Waals surface area contributed by atoms with Gasteiger partial charge in [-0.3, -0.25) is 24.7 Å². The number of likely N-dealkylation sites (N-methyl/N-ethyl adjacent to an activating group) is 1. The molecule has 0 radical (unpaired) electrons. The molecule has 2 aromatic rings. The predicted molar refractivity (Wildman–Crippen MR) is 128 cm³/mol. The highest BCUT2D eigenvalue weighted by molar-refractivity contribution is 7.98. The van der Waals surface area contributed by atoms with Crippen molar-refractivity contribution in [2.24, 2.45) is 0 Å². The molecular weight excluding hydrogens is 458 g/mol. The van der Waals surface area contributed by atoms with E-state index >= 15 is 0 Å². The fraction of sp³-hybridized carbons (Fsp3) is 0.304. The molecule has 11 heteroatoms. The van der Waals surface area contributed by atoms with E-state index in [2.05, 4.69) is 16.1 Å². The number of para-hydroxylation sites is 1. The van der Waals surface area contributed by atoms with Gasteiger partial charge in [0.1, 0.15) is 11.3 Å². The van der Waals surface area contributed by atoms with Crippen molar-refractivity contribution in [3.8, 4) is 5.75 Å². The molecule has 1 heterocycles. The molecule has 1 aliphatic heterocycles. The number of hydrazine groups is 1. The van der Waals surface area contributed by atoms with Gasteiger partial charge < -0.3 is 15.4 Å². The Morgan fingerprint density at radius 1 is 1.12 bits per heavy atom. The number of imide groups is 1. The number of benzene rings is 2. The van der Waals surface area contributed by atoms with Crippen molar-refractivity contribution in [3.63, 3.8) is 0 Å². The van der Waals surface area contributed by atoms with Crippen molar-refractivity contribution in [1.29, 1.82) is 0 Å². The number of hydrogen-bond acceptors (Lipinski definition) is 7. The summed E-state index contributed by atoms with van der Waals surface area (Å²) in [6, 6.07) is 13.4. The zero-order valence-corrected chi connectivity index (χ0v) is 20.2. The Kier molecular flexibility index (Phi) is 7.79. The fourth-order valence-electron chi connectivity index (χ4n) is 3.51. The van der Waals surface area contributed by atoms with Crippen molar-refractivity contribution < 1.29 is 23.9 Å². The third-order valence-corrected chi connectivity index (χ3v) is 6.08. The summed E-state index contributed by atoms with van der Waals surface area (Å²) in [5.41, 5.74) is 2.17. The molecule has 10 nitrogen and oxygen atoms in total. The number of nitrogens with one attached hydrogen (secondary N) is 3. The van der Waals surface area contributed by atoms with Gasteiger partial charge in [0.25, 0.3) is 11.8 Å². The quantitative estimate of drug-likeness (QED) is 0.366. The second kappa shape index (κ2) is 10.6. The van der Waals surface area contributed by atoms with Gasteiger partial charge in [-0.2, -0.15) is 5.01 Å². The van der Waals surface area contributed by atoms with Crippen LogP contribution in [0.5, 0.6) is 5.75 Å². The molecule has 0 bridgehead atoms. The first-order valence-electron chi connectivity index (χ1n) is 10.4. The summed E-state index contributed by atoms with van der Waals surface area (Å²) in [6.45, 7) is 1.29. The molecule has 0 aromatic heterocycles. The monoisotopic (exact) mass is 485 g/mol. The lowest BCUT2D eigenvalue weighted by Gasteiger charge is -2.23.